The van der Waals surface area contributed by atoms with Crippen molar-refractivity contribution < 1.29 is 23.1 Å². The lowest BCUT2D eigenvalue weighted by Gasteiger charge is -2.25. The van der Waals surface area contributed by atoms with Crippen molar-refractivity contribution in [1.82, 2.24) is 15.6 Å². The highest BCUT2D eigenvalue weighted by Crippen LogP contribution is 2.24. The van der Waals surface area contributed by atoms with Gasteiger partial charge in [-0.25, -0.2) is 13.8 Å². The predicted octanol–water partition coefficient (Wildman–Crippen LogP) is 5.10. The van der Waals surface area contributed by atoms with Crippen molar-refractivity contribution >= 4 is 17.6 Å². The van der Waals surface area contributed by atoms with E-state index >= 15 is 0 Å². The molecule has 2 amide bonds. The summed E-state index contributed by atoms with van der Waals surface area (Å²) in [4.78, 5) is 27.8. The molecule has 1 aliphatic rings. The molecule has 0 bridgehead atoms. The maximum atomic E-state index is 13.3. The fourth-order valence-corrected chi connectivity index (χ4v) is 4.10. The average Bonchev–Trinajstić information content (AvgIpc) is 2.89. The summed E-state index contributed by atoms with van der Waals surface area (Å²) in [6.07, 6.45) is 5.46. The maximum absolute atomic E-state index is 13.3. The lowest BCUT2D eigenvalue weighted by molar-refractivity contribution is 0.0928. The number of nitrogens with zero attached hydrogens (tertiary/aromatic N) is 1. The predicted molar refractivity (Wildman–Crippen MR) is 143 cm³/mol. The molecule has 200 valence electrons. The van der Waals surface area contributed by atoms with E-state index in [1.165, 1.54) is 30.0 Å². The summed E-state index contributed by atoms with van der Waals surface area (Å²) in [6, 6.07) is 12.0. The number of methoxy groups -OCH3 is 1. The van der Waals surface area contributed by atoms with Crippen LogP contribution >= 0.6 is 0 Å². The van der Waals surface area contributed by atoms with Gasteiger partial charge in [0.2, 0.25) is 0 Å². The summed E-state index contributed by atoms with van der Waals surface area (Å²) in [5.74, 6) is -0.722. The van der Waals surface area contributed by atoms with Crippen LogP contribution in [0.4, 0.5) is 14.6 Å². The lowest BCUT2D eigenvalue weighted by atomic mass is 9.91. The molecule has 4 N–H and O–H groups in total. The Morgan fingerprint density at radius 3 is 2.61 bits per heavy atom. The highest BCUT2D eigenvalue weighted by molar-refractivity contribution is 5.96. The van der Waals surface area contributed by atoms with E-state index in [-0.39, 0.29) is 24.1 Å². The summed E-state index contributed by atoms with van der Waals surface area (Å²) in [5, 5.41) is 5.62. The smallest absolute Gasteiger partial charge is 0.253 e. The van der Waals surface area contributed by atoms with Crippen molar-refractivity contribution in [2.45, 2.75) is 45.2 Å². The molecule has 2 aromatic carbocycles. The number of anilines is 1. The minimum atomic E-state index is -0.698. The van der Waals surface area contributed by atoms with E-state index < -0.39 is 17.5 Å². The van der Waals surface area contributed by atoms with Crippen LogP contribution in [0, 0.1) is 18.6 Å². The summed E-state index contributed by atoms with van der Waals surface area (Å²) >= 11 is 0. The highest BCUT2D eigenvalue weighted by Gasteiger charge is 2.20. The van der Waals surface area contributed by atoms with Crippen LogP contribution in [0.25, 0.3) is 0 Å². The molecule has 1 fully saturated rings. The molecule has 1 saturated carbocycles. The van der Waals surface area contributed by atoms with Crippen molar-refractivity contribution in [1.29, 1.82) is 0 Å². The fraction of sp³-hybridized carbons (Fsp3) is 0.276. The molecule has 1 heterocycles. The first-order chi connectivity index (χ1) is 18.2. The Balaban J connectivity index is 0.000000211. The van der Waals surface area contributed by atoms with E-state index in [4.69, 9.17) is 10.5 Å². The number of rotatable bonds is 6. The SMILES string of the molecule is C=C1CCCC(NC(=O)c2cccc(OC)c2C)C1.Nc1ccc(C(=O)NCc2ccc(F)cc2F)cn1. The van der Waals surface area contributed by atoms with Gasteiger partial charge in [-0.2, -0.15) is 0 Å². The number of nitrogens with two attached hydrogens (primary N) is 1. The van der Waals surface area contributed by atoms with Crippen molar-refractivity contribution in [3.8, 4) is 5.75 Å². The lowest BCUT2D eigenvalue weighted by Crippen LogP contribution is -2.36. The highest BCUT2D eigenvalue weighted by atomic mass is 19.1. The summed E-state index contributed by atoms with van der Waals surface area (Å²) in [5.41, 5.74) is 8.73. The average molecular weight is 523 g/mol. The zero-order chi connectivity index (χ0) is 27.7. The van der Waals surface area contributed by atoms with E-state index in [0.717, 1.165) is 49.1 Å². The van der Waals surface area contributed by atoms with E-state index in [1.54, 1.807) is 7.11 Å². The Bertz CT molecular complexity index is 1300. The van der Waals surface area contributed by atoms with Gasteiger partial charge in [-0.1, -0.05) is 24.3 Å². The molecule has 0 aliphatic heterocycles. The first-order valence-corrected chi connectivity index (χ1v) is 12.2. The molecular weight excluding hydrogens is 490 g/mol. The van der Waals surface area contributed by atoms with E-state index in [0.29, 0.717) is 16.9 Å². The Labute approximate surface area is 221 Å². The largest absolute Gasteiger partial charge is 0.496 e. The zero-order valence-corrected chi connectivity index (χ0v) is 21.5. The van der Waals surface area contributed by atoms with Gasteiger partial charge in [-0.15, -0.1) is 0 Å². The number of benzene rings is 2. The number of ether oxygens (including phenoxy) is 1. The molecule has 1 aliphatic carbocycles. The summed E-state index contributed by atoms with van der Waals surface area (Å²) in [6.45, 7) is 5.90. The van der Waals surface area contributed by atoms with Gasteiger partial charge in [-0.05, 0) is 62.9 Å². The van der Waals surface area contributed by atoms with Crippen LogP contribution in [0.2, 0.25) is 0 Å². The molecule has 38 heavy (non-hydrogen) atoms. The van der Waals surface area contributed by atoms with Crippen LogP contribution in [0.3, 0.4) is 0 Å². The number of pyridine rings is 1. The standard InChI is InChI=1S/C16H21NO2.C13H11F2N3O/c1-11-6-4-7-13(10-11)17-16(18)14-8-5-9-15(19-3)12(14)2;14-10-3-1-8(11(15)5-10)6-18-13(19)9-2-4-12(16)17-7-9/h5,8-9,13H,1,4,6-7,10H2,2-3H3,(H,17,18);1-5,7H,6H2,(H2,16,17)(H,18,19). The number of carbonyl (C=O) groups is 2. The van der Waals surface area contributed by atoms with Gasteiger partial charge in [-0.3, -0.25) is 9.59 Å². The molecule has 3 aromatic rings. The van der Waals surface area contributed by atoms with Crippen molar-refractivity contribution in [2.75, 3.05) is 12.8 Å². The summed E-state index contributed by atoms with van der Waals surface area (Å²) < 4.78 is 31.3. The third-order valence-corrected chi connectivity index (χ3v) is 6.20. The van der Waals surface area contributed by atoms with Crippen molar-refractivity contribution in [3.05, 3.63) is 101 Å². The van der Waals surface area contributed by atoms with Crippen LogP contribution in [0.1, 0.15) is 57.5 Å². The Morgan fingerprint density at radius 1 is 1.16 bits per heavy atom. The number of nitrogen functional groups attached to an aromatic ring is 1. The second-order valence-electron chi connectivity index (χ2n) is 9.04. The second-order valence-corrected chi connectivity index (χ2v) is 9.04. The molecule has 4 rings (SSSR count). The molecule has 0 radical (unpaired) electrons. The number of nitrogens with one attached hydrogen (secondary N) is 2. The topological polar surface area (TPSA) is 106 Å². The van der Waals surface area contributed by atoms with Crippen molar-refractivity contribution in [2.24, 2.45) is 0 Å². The van der Waals surface area contributed by atoms with Crippen LogP contribution < -0.4 is 21.1 Å². The Morgan fingerprint density at radius 2 is 1.95 bits per heavy atom. The Kier molecular flexibility index (Phi) is 9.92. The number of aromatic nitrogens is 1. The fourth-order valence-electron chi connectivity index (χ4n) is 4.10. The van der Waals surface area contributed by atoms with Gasteiger partial charge in [0.25, 0.3) is 11.8 Å². The van der Waals surface area contributed by atoms with Gasteiger partial charge >= 0.3 is 0 Å². The molecular formula is C29H32F2N4O3. The molecule has 7 nitrogen and oxygen atoms in total. The number of halogens is 2. The number of hydrogen-bond acceptors (Lipinski definition) is 5. The summed E-state index contributed by atoms with van der Waals surface area (Å²) in [7, 11) is 1.62. The normalized spacial score (nSPS) is 14.6. The van der Waals surface area contributed by atoms with Gasteiger partial charge in [0, 0.05) is 41.5 Å². The molecule has 1 unspecified atom stereocenters. The second kappa shape index (κ2) is 13.3. The quantitative estimate of drug-likeness (QED) is 0.391. The van der Waals surface area contributed by atoms with Crippen LogP contribution in [-0.2, 0) is 6.54 Å². The van der Waals surface area contributed by atoms with E-state index in [9.17, 15) is 18.4 Å². The third kappa shape index (κ3) is 7.86. The van der Waals surface area contributed by atoms with Crippen LogP contribution in [-0.4, -0.2) is 29.9 Å². The van der Waals surface area contributed by atoms with Gasteiger partial charge < -0.3 is 21.1 Å². The Hall–Kier alpha value is -4.27. The van der Waals surface area contributed by atoms with Crippen molar-refractivity contribution in [3.63, 3.8) is 0 Å². The zero-order valence-electron chi connectivity index (χ0n) is 21.5. The third-order valence-electron chi connectivity index (χ3n) is 6.20. The van der Waals surface area contributed by atoms with Crippen LogP contribution in [0.15, 0.2) is 66.9 Å². The monoisotopic (exact) mass is 522 g/mol. The minimum absolute atomic E-state index is 0.0175. The number of hydrogen-bond donors (Lipinski definition) is 3. The first kappa shape index (κ1) is 28.3. The first-order valence-electron chi connectivity index (χ1n) is 12.2. The van der Waals surface area contributed by atoms with E-state index in [2.05, 4.69) is 22.2 Å². The minimum Gasteiger partial charge on any atom is -0.496 e. The molecule has 1 atom stereocenters. The van der Waals surface area contributed by atoms with Gasteiger partial charge in [0.05, 0.1) is 12.7 Å². The van der Waals surface area contributed by atoms with Gasteiger partial charge in [0.1, 0.15) is 23.2 Å². The molecule has 0 spiro atoms. The number of carbonyl (C=O) groups excluding carboxylic acids is 2. The molecule has 1 aromatic heterocycles. The molecule has 0 saturated heterocycles. The number of amides is 2. The van der Waals surface area contributed by atoms with E-state index in [1.807, 2.05) is 25.1 Å². The van der Waals surface area contributed by atoms with Crippen LogP contribution in [0.5, 0.6) is 5.75 Å². The van der Waals surface area contributed by atoms with Gasteiger partial charge in [0.15, 0.2) is 0 Å². The maximum Gasteiger partial charge on any atom is 0.253 e. The molecule has 9 heteroatoms.